The molecule has 0 saturated heterocycles. The molecule has 1 aromatic heterocycles. The molecule has 21 heavy (non-hydrogen) atoms. The van der Waals surface area contributed by atoms with Crippen molar-refractivity contribution in [2.45, 2.75) is 26.7 Å². The monoisotopic (exact) mass is 310 g/mol. The molecule has 1 aromatic carbocycles. The van der Waals surface area contributed by atoms with Gasteiger partial charge >= 0.3 is 0 Å². The van der Waals surface area contributed by atoms with E-state index in [0.717, 1.165) is 12.8 Å². The van der Waals surface area contributed by atoms with Gasteiger partial charge in [-0.2, -0.15) is 0 Å². The normalized spacial score (nSPS) is 10.7. The Bertz CT molecular complexity index is 701. The molecule has 2 rings (SSSR count). The molecule has 0 aliphatic heterocycles. The number of nitrogens with zero attached hydrogens (tertiary/aromatic N) is 1. The van der Waals surface area contributed by atoms with Gasteiger partial charge in [0, 0.05) is 11.6 Å². The summed E-state index contributed by atoms with van der Waals surface area (Å²) < 4.78 is 19.0. The van der Waals surface area contributed by atoms with E-state index in [1.54, 1.807) is 6.92 Å². The van der Waals surface area contributed by atoms with Crippen molar-refractivity contribution in [3.05, 3.63) is 45.2 Å². The lowest BCUT2D eigenvalue weighted by Gasteiger charge is -2.12. The van der Waals surface area contributed by atoms with E-state index < -0.39 is 11.4 Å². The van der Waals surface area contributed by atoms with Crippen LogP contribution in [0.2, 0.25) is 5.02 Å². The van der Waals surface area contributed by atoms with Gasteiger partial charge in [0.2, 0.25) is 0 Å². The Labute approximate surface area is 126 Å². The molecule has 0 saturated carbocycles. The van der Waals surface area contributed by atoms with Crippen molar-refractivity contribution in [3.8, 4) is 17.0 Å². The molecule has 0 aliphatic rings. The van der Waals surface area contributed by atoms with E-state index in [2.05, 4.69) is 9.97 Å². The van der Waals surface area contributed by atoms with Gasteiger partial charge in [-0.1, -0.05) is 24.9 Å². The Kier molecular flexibility index (Phi) is 4.96. The van der Waals surface area contributed by atoms with Gasteiger partial charge < -0.3 is 9.72 Å². The molecule has 112 valence electrons. The van der Waals surface area contributed by atoms with E-state index in [-0.39, 0.29) is 5.02 Å². The Balaban J connectivity index is 2.50. The van der Waals surface area contributed by atoms with Gasteiger partial charge in [-0.05, 0) is 25.5 Å². The van der Waals surface area contributed by atoms with Crippen molar-refractivity contribution in [2.24, 2.45) is 0 Å². The van der Waals surface area contributed by atoms with Crippen LogP contribution in [0.15, 0.2) is 23.0 Å². The summed E-state index contributed by atoms with van der Waals surface area (Å²) in [6.07, 6.45) is 1.82. The molecular weight excluding hydrogens is 295 g/mol. The minimum absolute atomic E-state index is 0.0347. The third kappa shape index (κ3) is 3.61. The number of hydrogen-bond donors (Lipinski definition) is 1. The summed E-state index contributed by atoms with van der Waals surface area (Å²) in [6.45, 7) is 4.16. The van der Waals surface area contributed by atoms with Gasteiger partial charge in [-0.15, -0.1) is 0 Å². The minimum atomic E-state index is -0.428. The molecule has 4 nitrogen and oxygen atoms in total. The molecule has 0 spiro atoms. The Hall–Kier alpha value is -1.88. The van der Waals surface area contributed by atoms with Crippen LogP contribution in [0.3, 0.4) is 0 Å². The van der Waals surface area contributed by atoms with E-state index >= 15 is 0 Å². The molecule has 0 fully saturated rings. The maximum absolute atomic E-state index is 13.4. The highest BCUT2D eigenvalue weighted by Gasteiger charge is 2.15. The second-order valence-electron chi connectivity index (χ2n) is 4.66. The van der Waals surface area contributed by atoms with Gasteiger partial charge in [0.15, 0.2) is 0 Å². The topological polar surface area (TPSA) is 55.0 Å². The fourth-order valence-electron chi connectivity index (χ4n) is 1.89. The summed E-state index contributed by atoms with van der Waals surface area (Å²) in [5, 5.41) is -0.0347. The number of ether oxygens (including phenoxy) is 1. The summed E-state index contributed by atoms with van der Waals surface area (Å²) in [5.74, 6) is 0.356. The average molecular weight is 311 g/mol. The molecule has 1 N–H and O–H groups in total. The molecular formula is C15H16ClFN2O2. The largest absolute Gasteiger partial charge is 0.493 e. The molecule has 1 heterocycles. The second-order valence-corrected chi connectivity index (χ2v) is 5.03. The van der Waals surface area contributed by atoms with E-state index in [9.17, 15) is 9.18 Å². The fraction of sp³-hybridized carbons (Fsp3) is 0.333. The first-order chi connectivity index (χ1) is 10.0. The van der Waals surface area contributed by atoms with Crippen LogP contribution in [0, 0.1) is 12.7 Å². The molecule has 0 amide bonds. The van der Waals surface area contributed by atoms with Gasteiger partial charge in [-0.3, -0.25) is 4.79 Å². The van der Waals surface area contributed by atoms with Gasteiger partial charge in [0.25, 0.3) is 5.56 Å². The van der Waals surface area contributed by atoms with Crippen molar-refractivity contribution >= 4 is 11.6 Å². The van der Waals surface area contributed by atoms with Crippen molar-refractivity contribution in [1.29, 1.82) is 0 Å². The van der Waals surface area contributed by atoms with E-state index in [1.807, 2.05) is 6.92 Å². The molecule has 0 aliphatic carbocycles. The number of hydrogen-bond acceptors (Lipinski definition) is 3. The Morgan fingerprint density at radius 1 is 1.43 bits per heavy atom. The fourth-order valence-corrected chi connectivity index (χ4v) is 2.08. The summed E-state index contributed by atoms with van der Waals surface area (Å²) in [5.41, 5.74) is 0.374. The minimum Gasteiger partial charge on any atom is -0.493 e. The maximum atomic E-state index is 13.4. The van der Waals surface area contributed by atoms with Crippen LogP contribution in [0.25, 0.3) is 11.3 Å². The van der Waals surface area contributed by atoms with Crippen LogP contribution in [0.1, 0.15) is 25.6 Å². The number of unbranched alkanes of at least 4 members (excludes halogenated alkanes) is 1. The zero-order chi connectivity index (χ0) is 15.4. The first-order valence-electron chi connectivity index (χ1n) is 6.72. The van der Waals surface area contributed by atoms with Crippen LogP contribution in [-0.4, -0.2) is 16.6 Å². The van der Waals surface area contributed by atoms with Crippen LogP contribution in [0.5, 0.6) is 5.75 Å². The first-order valence-corrected chi connectivity index (χ1v) is 7.10. The zero-order valence-electron chi connectivity index (χ0n) is 11.9. The second kappa shape index (κ2) is 6.72. The summed E-state index contributed by atoms with van der Waals surface area (Å²) >= 11 is 6.02. The van der Waals surface area contributed by atoms with Crippen molar-refractivity contribution < 1.29 is 9.13 Å². The van der Waals surface area contributed by atoms with Crippen LogP contribution in [0.4, 0.5) is 4.39 Å². The highest BCUT2D eigenvalue weighted by molar-refractivity contribution is 6.32. The summed E-state index contributed by atoms with van der Waals surface area (Å²) in [6, 6.07) is 4.08. The lowest BCUT2D eigenvalue weighted by molar-refractivity contribution is 0.309. The number of benzene rings is 1. The highest BCUT2D eigenvalue weighted by atomic mass is 35.5. The first kappa shape index (κ1) is 15.5. The number of aromatic amines is 1. The van der Waals surface area contributed by atoms with Gasteiger partial charge in [0.1, 0.15) is 28.1 Å². The standard InChI is InChI=1S/C15H16ClFN2O2/c1-3-4-7-21-12-8-10(17)5-6-11(12)14-13(16)15(20)19-9(2)18-14/h5-6,8H,3-4,7H2,1-2H3,(H,18,19,20). The highest BCUT2D eigenvalue weighted by Crippen LogP contribution is 2.32. The van der Waals surface area contributed by atoms with Crippen LogP contribution >= 0.6 is 11.6 Å². The van der Waals surface area contributed by atoms with Crippen LogP contribution in [-0.2, 0) is 0 Å². The number of H-pyrrole nitrogens is 1. The molecule has 6 heteroatoms. The number of rotatable bonds is 5. The summed E-state index contributed by atoms with van der Waals surface area (Å²) in [7, 11) is 0. The van der Waals surface area contributed by atoms with E-state index in [4.69, 9.17) is 16.3 Å². The van der Waals surface area contributed by atoms with Crippen molar-refractivity contribution in [1.82, 2.24) is 9.97 Å². The third-order valence-corrected chi connectivity index (χ3v) is 3.29. The van der Waals surface area contributed by atoms with Crippen molar-refractivity contribution in [3.63, 3.8) is 0 Å². The Morgan fingerprint density at radius 3 is 2.90 bits per heavy atom. The van der Waals surface area contributed by atoms with Crippen molar-refractivity contribution in [2.75, 3.05) is 6.61 Å². The summed E-state index contributed by atoms with van der Waals surface area (Å²) in [4.78, 5) is 18.5. The number of nitrogens with one attached hydrogen (secondary N) is 1. The molecule has 2 aromatic rings. The molecule has 0 radical (unpaired) electrons. The lowest BCUT2D eigenvalue weighted by atomic mass is 10.1. The molecule has 0 atom stereocenters. The van der Waals surface area contributed by atoms with E-state index in [1.165, 1.54) is 18.2 Å². The predicted molar refractivity (Wildman–Crippen MR) is 80.4 cm³/mol. The molecule has 0 unspecified atom stereocenters. The predicted octanol–water partition coefficient (Wildman–Crippen LogP) is 3.72. The third-order valence-electron chi connectivity index (χ3n) is 2.94. The smallest absolute Gasteiger partial charge is 0.270 e. The zero-order valence-corrected chi connectivity index (χ0v) is 12.6. The maximum Gasteiger partial charge on any atom is 0.270 e. The number of aromatic nitrogens is 2. The molecule has 0 bridgehead atoms. The lowest BCUT2D eigenvalue weighted by Crippen LogP contribution is -2.12. The number of aryl methyl sites for hydroxylation is 1. The Morgan fingerprint density at radius 2 is 2.19 bits per heavy atom. The van der Waals surface area contributed by atoms with Gasteiger partial charge in [-0.25, -0.2) is 9.37 Å². The average Bonchev–Trinajstić information content (AvgIpc) is 2.44. The SMILES string of the molecule is CCCCOc1cc(F)ccc1-c1nc(C)[nH]c(=O)c1Cl. The van der Waals surface area contributed by atoms with E-state index in [0.29, 0.717) is 29.4 Å². The number of halogens is 2. The van der Waals surface area contributed by atoms with Crippen LogP contribution < -0.4 is 10.3 Å². The van der Waals surface area contributed by atoms with Gasteiger partial charge in [0.05, 0.1) is 6.61 Å². The quantitative estimate of drug-likeness (QED) is 0.856.